The summed E-state index contributed by atoms with van der Waals surface area (Å²) in [6.07, 6.45) is 12.8. The number of allylic oxidation sites excluding steroid dienone is 4. The third-order valence-electron chi connectivity index (χ3n) is 7.16. The Kier molecular flexibility index (Phi) is 8.16. The van der Waals surface area contributed by atoms with Gasteiger partial charge < -0.3 is 9.80 Å². The second kappa shape index (κ2) is 10.8. The Morgan fingerprint density at radius 1 is 1.03 bits per heavy atom. The second-order valence-corrected chi connectivity index (χ2v) is 9.38. The summed E-state index contributed by atoms with van der Waals surface area (Å²) in [6.45, 7) is 17.7. The van der Waals surface area contributed by atoms with Crippen molar-refractivity contribution in [3.05, 3.63) is 83.6 Å². The van der Waals surface area contributed by atoms with Gasteiger partial charge in [0.2, 0.25) is 0 Å². The highest BCUT2D eigenvalue weighted by Crippen LogP contribution is 2.27. The average Bonchev–Trinajstić information content (AvgIpc) is 2.75. The minimum Gasteiger partial charge on any atom is -0.372 e. The Bertz CT molecular complexity index is 785. The Balaban J connectivity index is 1.45. The van der Waals surface area contributed by atoms with E-state index in [2.05, 4.69) is 86.3 Å². The Morgan fingerprint density at radius 2 is 1.70 bits per heavy atom. The van der Waals surface area contributed by atoms with Crippen LogP contribution in [0, 0.1) is 18.8 Å². The molecule has 0 saturated carbocycles. The van der Waals surface area contributed by atoms with Gasteiger partial charge in [-0.3, -0.25) is 0 Å². The van der Waals surface area contributed by atoms with Gasteiger partial charge in [-0.05, 0) is 94.6 Å². The molecule has 2 saturated heterocycles. The summed E-state index contributed by atoms with van der Waals surface area (Å²) >= 11 is 0. The molecule has 2 aliphatic heterocycles. The molecule has 0 spiro atoms. The van der Waals surface area contributed by atoms with Gasteiger partial charge in [0, 0.05) is 18.8 Å². The van der Waals surface area contributed by atoms with Crippen LogP contribution in [0.4, 0.5) is 0 Å². The van der Waals surface area contributed by atoms with E-state index in [0.29, 0.717) is 0 Å². The van der Waals surface area contributed by atoms with Gasteiger partial charge in [0.25, 0.3) is 0 Å². The third kappa shape index (κ3) is 6.22. The van der Waals surface area contributed by atoms with Crippen LogP contribution in [0.5, 0.6) is 0 Å². The van der Waals surface area contributed by atoms with Crippen LogP contribution in [-0.4, -0.2) is 43.0 Å². The molecule has 2 heteroatoms. The Hall–Kier alpha value is -2.06. The van der Waals surface area contributed by atoms with Crippen LogP contribution >= 0.6 is 0 Å². The predicted octanol–water partition coefficient (Wildman–Crippen LogP) is 6.16. The van der Waals surface area contributed by atoms with Crippen molar-refractivity contribution in [2.24, 2.45) is 11.8 Å². The molecule has 30 heavy (non-hydrogen) atoms. The van der Waals surface area contributed by atoms with Crippen molar-refractivity contribution in [1.82, 2.24) is 9.80 Å². The number of rotatable bonds is 7. The van der Waals surface area contributed by atoms with Crippen LogP contribution in [0.3, 0.4) is 0 Å². The van der Waals surface area contributed by atoms with Gasteiger partial charge in [0.1, 0.15) is 0 Å². The molecule has 162 valence electrons. The third-order valence-corrected chi connectivity index (χ3v) is 7.16. The van der Waals surface area contributed by atoms with Crippen LogP contribution in [0.25, 0.3) is 0 Å². The van der Waals surface area contributed by atoms with Crippen LogP contribution in [0.2, 0.25) is 0 Å². The number of hydrogen-bond acceptors (Lipinski definition) is 2. The molecule has 0 atom stereocenters. The van der Waals surface area contributed by atoms with Crippen LogP contribution in [-0.2, 0) is 6.42 Å². The first-order valence-corrected chi connectivity index (χ1v) is 11.6. The van der Waals surface area contributed by atoms with Gasteiger partial charge >= 0.3 is 0 Å². The normalized spacial score (nSPS) is 20.1. The molecule has 0 bridgehead atoms. The van der Waals surface area contributed by atoms with Crippen molar-refractivity contribution in [1.29, 1.82) is 0 Å². The molecule has 1 aromatic rings. The minimum atomic E-state index is 0.731. The molecule has 1 aromatic carbocycles. The standard InChI is InChI=1S/C28H40N2/c1-22(10-8-11-23(2)27-15-17-29(5)18-16-27)25(4)30-19-13-26(14-20-30)21-28-12-7-6-9-24(28)3/h6-12,26-27H,1,4,13-21H2,2-3,5H3/b10-8-,23-11+. The zero-order valence-electron chi connectivity index (χ0n) is 19.4. The lowest BCUT2D eigenvalue weighted by molar-refractivity contribution is 0.230. The summed E-state index contributed by atoms with van der Waals surface area (Å²) in [5.41, 5.74) is 6.56. The molecule has 0 aromatic heterocycles. The van der Waals surface area contributed by atoms with Crippen LogP contribution < -0.4 is 0 Å². The summed E-state index contributed by atoms with van der Waals surface area (Å²) in [5, 5.41) is 0. The summed E-state index contributed by atoms with van der Waals surface area (Å²) < 4.78 is 0. The van der Waals surface area contributed by atoms with E-state index in [0.717, 1.165) is 36.2 Å². The summed E-state index contributed by atoms with van der Waals surface area (Å²) in [5.74, 6) is 1.51. The fourth-order valence-corrected chi connectivity index (χ4v) is 4.77. The molecule has 0 aliphatic carbocycles. The fourth-order valence-electron chi connectivity index (χ4n) is 4.77. The van der Waals surface area contributed by atoms with Crippen LogP contribution in [0.15, 0.2) is 72.5 Å². The highest BCUT2D eigenvalue weighted by Gasteiger charge is 2.21. The van der Waals surface area contributed by atoms with E-state index in [9.17, 15) is 0 Å². The van der Waals surface area contributed by atoms with Crippen molar-refractivity contribution in [2.75, 3.05) is 33.2 Å². The van der Waals surface area contributed by atoms with Crippen molar-refractivity contribution in [2.45, 2.75) is 46.0 Å². The monoisotopic (exact) mass is 404 g/mol. The zero-order chi connectivity index (χ0) is 21.5. The van der Waals surface area contributed by atoms with Crippen molar-refractivity contribution in [3.63, 3.8) is 0 Å². The zero-order valence-corrected chi connectivity index (χ0v) is 19.4. The largest absolute Gasteiger partial charge is 0.372 e. The Labute approximate surface area is 184 Å². The number of aryl methyl sites for hydroxylation is 1. The number of nitrogens with zero attached hydrogens (tertiary/aromatic N) is 2. The number of hydrogen-bond donors (Lipinski definition) is 0. The Morgan fingerprint density at radius 3 is 2.37 bits per heavy atom. The van der Waals surface area contributed by atoms with E-state index >= 15 is 0 Å². The molecular formula is C28H40N2. The first-order chi connectivity index (χ1) is 14.4. The second-order valence-electron chi connectivity index (χ2n) is 9.38. The number of benzene rings is 1. The highest BCUT2D eigenvalue weighted by molar-refractivity contribution is 5.36. The molecule has 2 aliphatic rings. The van der Waals surface area contributed by atoms with Gasteiger partial charge in [-0.2, -0.15) is 0 Å². The van der Waals surface area contributed by atoms with Gasteiger partial charge in [-0.1, -0.05) is 61.2 Å². The molecule has 3 rings (SSSR count). The predicted molar refractivity (Wildman–Crippen MR) is 131 cm³/mol. The number of likely N-dealkylation sites (tertiary alicyclic amines) is 2. The van der Waals surface area contributed by atoms with Gasteiger partial charge in [-0.25, -0.2) is 0 Å². The van der Waals surface area contributed by atoms with E-state index < -0.39 is 0 Å². The molecule has 0 radical (unpaired) electrons. The fraction of sp³-hybridized carbons (Fsp3) is 0.500. The summed E-state index contributed by atoms with van der Waals surface area (Å²) in [6, 6.07) is 8.81. The lowest BCUT2D eigenvalue weighted by Crippen LogP contribution is -2.33. The van der Waals surface area contributed by atoms with Gasteiger partial charge in [-0.15, -0.1) is 0 Å². The first kappa shape index (κ1) is 22.6. The van der Waals surface area contributed by atoms with E-state index in [1.807, 2.05) is 0 Å². The molecule has 2 nitrogen and oxygen atoms in total. The van der Waals surface area contributed by atoms with E-state index in [4.69, 9.17) is 0 Å². The van der Waals surface area contributed by atoms with Gasteiger partial charge in [0.15, 0.2) is 0 Å². The summed E-state index contributed by atoms with van der Waals surface area (Å²) in [7, 11) is 2.22. The molecule has 2 fully saturated rings. The molecule has 0 unspecified atom stereocenters. The molecule has 0 N–H and O–H groups in total. The van der Waals surface area contributed by atoms with Crippen molar-refractivity contribution < 1.29 is 0 Å². The average molecular weight is 405 g/mol. The van der Waals surface area contributed by atoms with E-state index in [1.54, 1.807) is 0 Å². The maximum absolute atomic E-state index is 4.35. The van der Waals surface area contributed by atoms with E-state index in [1.165, 1.54) is 61.9 Å². The van der Waals surface area contributed by atoms with E-state index in [-0.39, 0.29) is 0 Å². The molecular weight excluding hydrogens is 364 g/mol. The quantitative estimate of drug-likeness (QED) is 0.502. The highest BCUT2D eigenvalue weighted by atomic mass is 15.1. The molecule has 2 heterocycles. The SMILES string of the molecule is C=C(/C=C\C=C(/C)C1CCN(C)CC1)C(=C)N1CCC(Cc2ccccc2C)CC1. The minimum absolute atomic E-state index is 0.731. The van der Waals surface area contributed by atoms with Gasteiger partial charge in [0.05, 0.1) is 0 Å². The maximum Gasteiger partial charge on any atom is 0.0360 e. The first-order valence-electron chi connectivity index (χ1n) is 11.6. The van der Waals surface area contributed by atoms with Crippen molar-refractivity contribution >= 4 is 0 Å². The van der Waals surface area contributed by atoms with Crippen LogP contribution in [0.1, 0.15) is 43.7 Å². The van der Waals surface area contributed by atoms with Crippen molar-refractivity contribution in [3.8, 4) is 0 Å². The molecule has 0 amide bonds. The topological polar surface area (TPSA) is 6.48 Å². The summed E-state index contributed by atoms with van der Waals surface area (Å²) in [4.78, 5) is 4.85. The maximum atomic E-state index is 4.35. The lowest BCUT2D eigenvalue weighted by Gasteiger charge is -2.35. The smallest absolute Gasteiger partial charge is 0.0360 e. The lowest BCUT2D eigenvalue weighted by atomic mass is 9.88. The number of piperidine rings is 2.